The number of hydrogen-bond acceptors (Lipinski definition) is 7. The number of hydrogen-bond donors (Lipinski definition) is 0. The molecule has 0 saturated carbocycles. The van der Waals surface area contributed by atoms with E-state index in [1.54, 1.807) is 37.3 Å². The van der Waals surface area contributed by atoms with E-state index in [4.69, 9.17) is 14.5 Å². The summed E-state index contributed by atoms with van der Waals surface area (Å²) in [6, 6.07) is 16.2. The highest BCUT2D eigenvalue weighted by molar-refractivity contribution is 7.98. The molecule has 0 aliphatic heterocycles. The van der Waals surface area contributed by atoms with E-state index in [9.17, 15) is 0 Å². The molecule has 0 radical (unpaired) electrons. The van der Waals surface area contributed by atoms with Gasteiger partial charge in [0.05, 0.1) is 31.0 Å². The van der Waals surface area contributed by atoms with Crippen LogP contribution < -0.4 is 9.47 Å². The van der Waals surface area contributed by atoms with Gasteiger partial charge in [-0.25, -0.2) is 4.98 Å². The van der Waals surface area contributed by atoms with Gasteiger partial charge in [-0.2, -0.15) is 0 Å². The van der Waals surface area contributed by atoms with Crippen molar-refractivity contribution in [3.8, 4) is 22.1 Å². The summed E-state index contributed by atoms with van der Waals surface area (Å²) < 4.78 is 12.9. The number of thiazole rings is 1. The zero-order valence-electron chi connectivity index (χ0n) is 17.3. The van der Waals surface area contributed by atoms with Gasteiger partial charge in [-0.05, 0) is 36.8 Å². The van der Waals surface area contributed by atoms with Crippen molar-refractivity contribution in [2.75, 3.05) is 14.2 Å². The molecule has 0 aliphatic carbocycles. The Labute approximate surface area is 187 Å². The lowest BCUT2D eigenvalue weighted by molar-refractivity contribution is 0.395. The molecule has 6 nitrogen and oxygen atoms in total. The third kappa shape index (κ3) is 3.62. The Morgan fingerprint density at radius 1 is 1.03 bits per heavy atom. The largest absolute Gasteiger partial charge is 0.497 e. The van der Waals surface area contributed by atoms with Crippen molar-refractivity contribution in [2.24, 2.45) is 0 Å². The van der Waals surface area contributed by atoms with Crippen molar-refractivity contribution >= 4 is 39.6 Å². The van der Waals surface area contributed by atoms with Crippen molar-refractivity contribution in [3.63, 3.8) is 0 Å². The maximum absolute atomic E-state index is 5.53. The van der Waals surface area contributed by atoms with Crippen LogP contribution in [0.1, 0.15) is 11.3 Å². The first-order valence-electron chi connectivity index (χ1n) is 9.71. The zero-order valence-corrected chi connectivity index (χ0v) is 19.0. The van der Waals surface area contributed by atoms with Crippen LogP contribution in [-0.4, -0.2) is 33.8 Å². The monoisotopic (exact) mass is 448 g/mol. The minimum absolute atomic E-state index is 0.706. The predicted molar refractivity (Wildman–Crippen MR) is 125 cm³/mol. The second-order valence-electron chi connectivity index (χ2n) is 7.02. The normalized spacial score (nSPS) is 11.3. The molecule has 0 amide bonds. The van der Waals surface area contributed by atoms with Crippen molar-refractivity contribution < 1.29 is 9.47 Å². The Morgan fingerprint density at radius 3 is 2.74 bits per heavy atom. The van der Waals surface area contributed by atoms with Gasteiger partial charge in [0.1, 0.15) is 16.5 Å². The smallest absolute Gasteiger partial charge is 0.196 e. The van der Waals surface area contributed by atoms with E-state index < -0.39 is 0 Å². The number of rotatable bonds is 6. The fraction of sp³-hybridized carbons (Fsp3) is 0.174. The van der Waals surface area contributed by atoms with Crippen LogP contribution in [-0.2, 0) is 5.75 Å². The summed E-state index contributed by atoms with van der Waals surface area (Å²) in [5.41, 5.74) is 5.13. The minimum atomic E-state index is 0.706. The highest BCUT2D eigenvalue weighted by atomic mass is 32.2. The average Bonchev–Trinajstić information content (AvgIpc) is 3.44. The number of methoxy groups -OCH3 is 2. The number of aromatic nitrogens is 4. The van der Waals surface area contributed by atoms with E-state index in [0.717, 1.165) is 44.1 Å². The fourth-order valence-electron chi connectivity index (χ4n) is 3.58. The molecule has 156 valence electrons. The quantitative estimate of drug-likeness (QED) is 0.314. The molecule has 0 spiro atoms. The van der Waals surface area contributed by atoms with Crippen LogP contribution in [0, 0.1) is 6.92 Å². The van der Waals surface area contributed by atoms with Gasteiger partial charge in [0.15, 0.2) is 10.8 Å². The van der Waals surface area contributed by atoms with Crippen LogP contribution in [0.5, 0.6) is 11.5 Å². The van der Waals surface area contributed by atoms with E-state index in [-0.39, 0.29) is 0 Å². The van der Waals surface area contributed by atoms with E-state index in [0.29, 0.717) is 5.75 Å². The summed E-state index contributed by atoms with van der Waals surface area (Å²) in [7, 11) is 3.30. The van der Waals surface area contributed by atoms with E-state index in [1.165, 1.54) is 10.9 Å². The summed E-state index contributed by atoms with van der Waals surface area (Å²) in [6.45, 7) is 2.11. The summed E-state index contributed by atoms with van der Waals surface area (Å²) in [5.74, 6) is 2.21. The van der Waals surface area contributed by atoms with Crippen molar-refractivity contribution in [1.82, 2.24) is 19.6 Å². The number of aryl methyl sites for hydroxylation is 1. The SMILES string of the molecule is COc1ccc(-c2nc(CSc3nnc4cc(C)c5ccccc5n34)cs2)c(OC)c1. The van der Waals surface area contributed by atoms with Gasteiger partial charge in [0.2, 0.25) is 0 Å². The van der Waals surface area contributed by atoms with E-state index >= 15 is 0 Å². The predicted octanol–water partition coefficient (Wildman–Crippen LogP) is 5.62. The van der Waals surface area contributed by atoms with Gasteiger partial charge < -0.3 is 9.47 Å². The van der Waals surface area contributed by atoms with Crippen molar-refractivity contribution in [3.05, 3.63) is 65.2 Å². The zero-order chi connectivity index (χ0) is 21.4. The van der Waals surface area contributed by atoms with Crippen LogP contribution in [0.25, 0.3) is 27.1 Å². The van der Waals surface area contributed by atoms with Gasteiger partial charge in [0, 0.05) is 22.6 Å². The first-order valence-corrected chi connectivity index (χ1v) is 11.6. The molecule has 0 bridgehead atoms. The molecule has 0 N–H and O–H groups in total. The molecule has 5 rings (SSSR count). The van der Waals surface area contributed by atoms with Crippen LogP contribution >= 0.6 is 23.1 Å². The van der Waals surface area contributed by atoms with Crippen LogP contribution in [0.4, 0.5) is 0 Å². The summed E-state index contributed by atoms with van der Waals surface area (Å²) in [6.07, 6.45) is 0. The highest BCUT2D eigenvalue weighted by Crippen LogP contribution is 2.36. The van der Waals surface area contributed by atoms with Gasteiger partial charge in [-0.15, -0.1) is 21.5 Å². The lowest BCUT2D eigenvalue weighted by atomic mass is 10.1. The first-order chi connectivity index (χ1) is 15.2. The van der Waals surface area contributed by atoms with Crippen LogP contribution in [0.15, 0.2) is 59.1 Å². The van der Waals surface area contributed by atoms with Gasteiger partial charge in [-0.1, -0.05) is 30.0 Å². The third-order valence-electron chi connectivity index (χ3n) is 5.11. The Bertz CT molecular complexity index is 1390. The molecule has 5 aromatic rings. The number of benzene rings is 2. The van der Waals surface area contributed by atoms with Crippen molar-refractivity contribution in [1.29, 1.82) is 0 Å². The second kappa shape index (κ2) is 8.20. The maximum Gasteiger partial charge on any atom is 0.196 e. The third-order valence-corrected chi connectivity index (χ3v) is 7.00. The lowest BCUT2D eigenvalue weighted by Crippen LogP contribution is -1.93. The molecule has 3 aromatic heterocycles. The molecule has 31 heavy (non-hydrogen) atoms. The Morgan fingerprint density at radius 2 is 1.90 bits per heavy atom. The van der Waals surface area contributed by atoms with Gasteiger partial charge in [-0.3, -0.25) is 4.40 Å². The minimum Gasteiger partial charge on any atom is -0.497 e. The highest BCUT2D eigenvalue weighted by Gasteiger charge is 2.14. The molecule has 0 aliphatic rings. The average molecular weight is 449 g/mol. The molecule has 0 saturated heterocycles. The van der Waals surface area contributed by atoms with E-state index in [1.807, 2.05) is 24.3 Å². The molecular weight excluding hydrogens is 428 g/mol. The molecule has 3 heterocycles. The van der Waals surface area contributed by atoms with E-state index in [2.05, 4.69) is 51.2 Å². The summed E-state index contributed by atoms with van der Waals surface area (Å²) >= 11 is 3.24. The fourth-order valence-corrected chi connectivity index (χ4v) is 5.38. The number of pyridine rings is 1. The number of nitrogens with zero attached hydrogens (tertiary/aromatic N) is 4. The Kier molecular flexibility index (Phi) is 5.25. The second-order valence-corrected chi connectivity index (χ2v) is 8.82. The first kappa shape index (κ1) is 19.8. The topological polar surface area (TPSA) is 61.5 Å². The lowest BCUT2D eigenvalue weighted by Gasteiger charge is -2.08. The van der Waals surface area contributed by atoms with Crippen LogP contribution in [0.2, 0.25) is 0 Å². The van der Waals surface area contributed by atoms with Gasteiger partial charge >= 0.3 is 0 Å². The summed E-state index contributed by atoms with van der Waals surface area (Å²) in [5, 5.41) is 13.9. The number of thioether (sulfide) groups is 1. The maximum atomic E-state index is 5.53. The molecule has 0 unspecified atom stereocenters. The summed E-state index contributed by atoms with van der Waals surface area (Å²) in [4.78, 5) is 4.82. The standard InChI is InChI=1S/C23H20N4O2S2/c1-14-10-21-25-26-23(27(21)19-7-5-4-6-17(14)19)31-13-15-12-30-22(24-15)18-9-8-16(28-2)11-20(18)29-3/h4-12H,13H2,1-3H3. The number of ether oxygens (including phenoxy) is 2. The number of para-hydroxylation sites is 1. The number of fused-ring (bicyclic) bond motifs is 3. The van der Waals surface area contributed by atoms with Gasteiger partial charge in [0.25, 0.3) is 0 Å². The molecular formula is C23H20N4O2S2. The molecule has 0 fully saturated rings. The Hall–Kier alpha value is -3.10. The molecule has 0 atom stereocenters. The Balaban J connectivity index is 1.43. The van der Waals surface area contributed by atoms with Crippen molar-refractivity contribution in [2.45, 2.75) is 17.8 Å². The van der Waals surface area contributed by atoms with Crippen LogP contribution in [0.3, 0.4) is 0 Å². The molecule has 2 aromatic carbocycles. The molecule has 8 heteroatoms.